The first-order valence-corrected chi connectivity index (χ1v) is 6.87. The molecule has 1 rings (SSSR count). The molecule has 17 heavy (non-hydrogen) atoms. The molecule has 0 fully saturated rings. The maximum Gasteiger partial charge on any atom is 0.0658 e. The minimum Gasteiger partial charge on any atom is -0.383 e. The van der Waals surface area contributed by atoms with Crippen molar-refractivity contribution in [1.82, 2.24) is 15.1 Å². The summed E-state index contributed by atoms with van der Waals surface area (Å²) in [7, 11) is 1.71. The van der Waals surface area contributed by atoms with E-state index in [1.807, 2.05) is 10.9 Å². The van der Waals surface area contributed by atoms with Crippen LogP contribution in [0.3, 0.4) is 0 Å². The van der Waals surface area contributed by atoms with Gasteiger partial charge in [0.2, 0.25) is 0 Å². The van der Waals surface area contributed by atoms with Gasteiger partial charge in [-0.1, -0.05) is 13.8 Å². The predicted octanol–water partition coefficient (Wildman–Crippen LogP) is 2.22. The summed E-state index contributed by atoms with van der Waals surface area (Å²) in [5.74, 6) is 0. The molecule has 98 valence electrons. The predicted molar refractivity (Wildman–Crippen MR) is 73.3 cm³/mol. The zero-order chi connectivity index (χ0) is 12.7. The molecule has 4 nitrogen and oxygen atoms in total. The van der Waals surface area contributed by atoms with Gasteiger partial charge in [-0.2, -0.15) is 5.10 Å². The average Bonchev–Trinajstić information content (AvgIpc) is 2.63. The van der Waals surface area contributed by atoms with E-state index in [4.69, 9.17) is 4.74 Å². The van der Waals surface area contributed by atoms with Gasteiger partial charge in [-0.05, 0) is 35.3 Å². The molecule has 0 saturated carbocycles. The molecular weight excluding hydrogens is 282 g/mol. The number of halogens is 1. The lowest BCUT2D eigenvalue weighted by molar-refractivity contribution is 0.182. The third-order valence-corrected chi connectivity index (χ3v) is 3.21. The fraction of sp³-hybridized carbons (Fsp3) is 0.750. The van der Waals surface area contributed by atoms with E-state index >= 15 is 0 Å². The monoisotopic (exact) mass is 303 g/mol. The smallest absolute Gasteiger partial charge is 0.0658 e. The van der Waals surface area contributed by atoms with Gasteiger partial charge in [-0.3, -0.25) is 4.68 Å². The first kappa shape index (κ1) is 14.7. The van der Waals surface area contributed by atoms with E-state index in [1.165, 1.54) is 5.69 Å². The molecule has 0 bridgehead atoms. The Morgan fingerprint density at radius 1 is 1.53 bits per heavy atom. The largest absolute Gasteiger partial charge is 0.383 e. The van der Waals surface area contributed by atoms with E-state index in [0.29, 0.717) is 12.6 Å². The minimum atomic E-state index is 0.553. The highest BCUT2D eigenvalue weighted by molar-refractivity contribution is 9.10. The lowest BCUT2D eigenvalue weighted by atomic mass is 10.2. The first-order valence-electron chi connectivity index (χ1n) is 6.07. The van der Waals surface area contributed by atoms with Crippen LogP contribution in [0.5, 0.6) is 0 Å². The number of hydrogen-bond donors (Lipinski definition) is 1. The molecule has 1 N–H and O–H groups in total. The lowest BCUT2D eigenvalue weighted by Gasteiger charge is -2.10. The number of nitrogens with one attached hydrogen (secondary N) is 1. The Bertz CT molecular complexity index is 326. The van der Waals surface area contributed by atoms with Crippen LogP contribution in [-0.2, 0) is 17.7 Å². The van der Waals surface area contributed by atoms with E-state index in [9.17, 15) is 0 Å². The topological polar surface area (TPSA) is 39.1 Å². The van der Waals surface area contributed by atoms with Gasteiger partial charge >= 0.3 is 0 Å². The third kappa shape index (κ3) is 5.19. The summed E-state index contributed by atoms with van der Waals surface area (Å²) in [4.78, 5) is 0. The Morgan fingerprint density at radius 3 is 2.94 bits per heavy atom. The summed E-state index contributed by atoms with van der Waals surface area (Å²) in [5.41, 5.74) is 1.26. The van der Waals surface area contributed by atoms with Crippen LogP contribution < -0.4 is 5.32 Å². The minimum absolute atomic E-state index is 0.553. The zero-order valence-corrected chi connectivity index (χ0v) is 12.5. The summed E-state index contributed by atoms with van der Waals surface area (Å²) in [6.45, 7) is 6.89. The maximum absolute atomic E-state index is 5.08. The Morgan fingerprint density at radius 2 is 2.29 bits per heavy atom. The molecule has 1 aromatic heterocycles. The SMILES string of the molecule is COCCn1ncc(Br)c1CCCNC(C)C. The third-order valence-electron chi connectivity index (χ3n) is 2.55. The number of aromatic nitrogens is 2. The fourth-order valence-corrected chi connectivity index (χ4v) is 2.15. The summed E-state index contributed by atoms with van der Waals surface area (Å²) < 4.78 is 8.19. The average molecular weight is 304 g/mol. The number of rotatable bonds is 8. The van der Waals surface area contributed by atoms with E-state index in [1.54, 1.807) is 7.11 Å². The molecular formula is C12H22BrN3O. The molecule has 0 aliphatic carbocycles. The normalized spacial score (nSPS) is 11.4. The van der Waals surface area contributed by atoms with Gasteiger partial charge in [-0.25, -0.2) is 0 Å². The Kier molecular flexibility index (Phi) is 6.77. The highest BCUT2D eigenvalue weighted by atomic mass is 79.9. The molecule has 0 amide bonds. The van der Waals surface area contributed by atoms with E-state index in [2.05, 4.69) is 40.2 Å². The molecule has 5 heteroatoms. The molecule has 1 heterocycles. The van der Waals surface area contributed by atoms with Crippen LogP contribution in [0.2, 0.25) is 0 Å². The van der Waals surface area contributed by atoms with Crippen molar-refractivity contribution in [1.29, 1.82) is 0 Å². The summed E-state index contributed by atoms with van der Waals surface area (Å²) >= 11 is 3.55. The number of nitrogens with zero attached hydrogens (tertiary/aromatic N) is 2. The van der Waals surface area contributed by atoms with Gasteiger partial charge in [0.15, 0.2) is 0 Å². The van der Waals surface area contributed by atoms with Crippen molar-refractivity contribution >= 4 is 15.9 Å². The molecule has 0 unspecified atom stereocenters. The highest BCUT2D eigenvalue weighted by Gasteiger charge is 2.08. The zero-order valence-electron chi connectivity index (χ0n) is 10.9. The second-order valence-electron chi connectivity index (χ2n) is 4.37. The quantitative estimate of drug-likeness (QED) is 0.749. The van der Waals surface area contributed by atoms with Gasteiger partial charge in [0.05, 0.1) is 29.5 Å². The van der Waals surface area contributed by atoms with Crippen LogP contribution in [0.15, 0.2) is 10.7 Å². The molecule has 0 aliphatic rings. The molecule has 0 aromatic carbocycles. The van der Waals surface area contributed by atoms with Gasteiger partial charge in [0.25, 0.3) is 0 Å². The second-order valence-corrected chi connectivity index (χ2v) is 5.22. The summed E-state index contributed by atoms with van der Waals surface area (Å²) in [5, 5.41) is 7.76. The van der Waals surface area contributed by atoms with E-state index in [-0.39, 0.29) is 0 Å². The van der Waals surface area contributed by atoms with Crippen LogP contribution in [-0.4, -0.2) is 36.1 Å². The Labute approximate surface area is 112 Å². The van der Waals surface area contributed by atoms with Crippen LogP contribution >= 0.6 is 15.9 Å². The van der Waals surface area contributed by atoms with Gasteiger partial charge in [0, 0.05) is 13.2 Å². The van der Waals surface area contributed by atoms with Crippen molar-refractivity contribution in [3.63, 3.8) is 0 Å². The lowest BCUT2D eigenvalue weighted by Crippen LogP contribution is -2.24. The van der Waals surface area contributed by atoms with Crippen LogP contribution in [0.4, 0.5) is 0 Å². The Balaban J connectivity index is 2.42. The Hall–Kier alpha value is -0.390. The molecule has 0 atom stereocenters. The molecule has 0 aliphatic heterocycles. The van der Waals surface area contributed by atoms with Crippen molar-refractivity contribution in [2.24, 2.45) is 0 Å². The van der Waals surface area contributed by atoms with Crippen molar-refractivity contribution in [2.75, 3.05) is 20.3 Å². The first-order chi connectivity index (χ1) is 8.15. The number of methoxy groups -OCH3 is 1. The molecule has 0 spiro atoms. The van der Waals surface area contributed by atoms with Crippen LogP contribution in [0.25, 0.3) is 0 Å². The van der Waals surface area contributed by atoms with Gasteiger partial charge in [-0.15, -0.1) is 0 Å². The van der Waals surface area contributed by atoms with Crippen LogP contribution in [0.1, 0.15) is 26.0 Å². The van der Waals surface area contributed by atoms with Crippen molar-refractivity contribution in [3.8, 4) is 0 Å². The van der Waals surface area contributed by atoms with E-state index in [0.717, 1.165) is 30.4 Å². The molecule has 0 radical (unpaired) electrons. The number of hydrogen-bond acceptors (Lipinski definition) is 3. The highest BCUT2D eigenvalue weighted by Crippen LogP contribution is 2.17. The molecule has 1 aromatic rings. The summed E-state index contributed by atoms with van der Waals surface area (Å²) in [6, 6.07) is 0.553. The molecule has 0 saturated heterocycles. The van der Waals surface area contributed by atoms with Gasteiger partial charge in [0.1, 0.15) is 0 Å². The maximum atomic E-state index is 5.08. The van der Waals surface area contributed by atoms with Crippen molar-refractivity contribution in [3.05, 3.63) is 16.4 Å². The van der Waals surface area contributed by atoms with Crippen molar-refractivity contribution < 1.29 is 4.74 Å². The fourth-order valence-electron chi connectivity index (χ4n) is 1.65. The van der Waals surface area contributed by atoms with Gasteiger partial charge < -0.3 is 10.1 Å². The van der Waals surface area contributed by atoms with Crippen molar-refractivity contribution in [2.45, 2.75) is 39.3 Å². The number of ether oxygens (including phenoxy) is 1. The summed E-state index contributed by atoms with van der Waals surface area (Å²) in [6.07, 6.45) is 4.01. The van der Waals surface area contributed by atoms with E-state index < -0.39 is 0 Å². The van der Waals surface area contributed by atoms with Crippen LogP contribution in [0, 0.1) is 0 Å². The standard InChI is InChI=1S/C12H22BrN3O/c1-10(2)14-6-4-5-12-11(13)9-15-16(12)7-8-17-3/h9-10,14H,4-8H2,1-3H3. The second kappa shape index (κ2) is 7.84.